The number of aromatic nitrogens is 2. The van der Waals surface area contributed by atoms with E-state index < -0.39 is 0 Å². The van der Waals surface area contributed by atoms with E-state index in [0.29, 0.717) is 11.7 Å². The number of hydrazine groups is 1. The van der Waals surface area contributed by atoms with Crippen LogP contribution in [-0.4, -0.2) is 32.1 Å². The van der Waals surface area contributed by atoms with E-state index in [1.807, 2.05) is 36.0 Å². The molecular weight excluding hydrogens is 280 g/mol. The van der Waals surface area contributed by atoms with Crippen LogP contribution in [0.15, 0.2) is 24.3 Å². The zero-order chi connectivity index (χ0) is 13.2. The summed E-state index contributed by atoms with van der Waals surface area (Å²) in [5.74, 6) is 8.99. The number of nitrogens with zero attached hydrogens (tertiary/aromatic N) is 2. The van der Waals surface area contributed by atoms with Crippen molar-refractivity contribution in [2.24, 2.45) is 5.84 Å². The summed E-state index contributed by atoms with van der Waals surface area (Å²) in [4.78, 5) is 16.0. The maximum Gasteiger partial charge on any atom is 0.245 e. The van der Waals surface area contributed by atoms with Gasteiger partial charge in [0.25, 0.3) is 0 Å². The minimum absolute atomic E-state index is 0.184. The van der Waals surface area contributed by atoms with Gasteiger partial charge in [0.15, 0.2) is 0 Å². The number of thioether (sulfide) groups is 1. The second-order valence-electron chi connectivity index (χ2n) is 4.33. The fourth-order valence-corrected chi connectivity index (χ4v) is 3.68. The molecule has 1 aromatic carbocycles. The third-order valence-corrected chi connectivity index (χ3v) is 5.34. The highest BCUT2D eigenvalue weighted by molar-refractivity contribution is 8.00. The summed E-state index contributed by atoms with van der Waals surface area (Å²) >= 11 is 3.37. The molecule has 2 heterocycles. The number of nitrogens with one attached hydrogen (secondary N) is 1. The smallest absolute Gasteiger partial charge is 0.245 e. The molecule has 0 atom stereocenters. The summed E-state index contributed by atoms with van der Waals surface area (Å²) in [6.45, 7) is 0. The Morgan fingerprint density at radius 1 is 1.53 bits per heavy atom. The number of para-hydroxylation sites is 2. The molecule has 1 amide bonds. The highest BCUT2D eigenvalue weighted by Crippen LogP contribution is 2.36. The molecule has 100 valence electrons. The highest BCUT2D eigenvalue weighted by atomic mass is 32.2. The largest absolute Gasteiger partial charge is 0.293 e. The van der Waals surface area contributed by atoms with Crippen LogP contribution >= 0.6 is 23.7 Å². The predicted octanol–water partition coefficient (Wildman–Crippen LogP) is 1.35. The van der Waals surface area contributed by atoms with E-state index in [9.17, 15) is 4.79 Å². The van der Waals surface area contributed by atoms with Gasteiger partial charge in [-0.3, -0.25) is 14.2 Å². The van der Waals surface area contributed by atoms with Crippen LogP contribution in [0.1, 0.15) is 11.7 Å². The van der Waals surface area contributed by atoms with Crippen LogP contribution in [-0.2, 0) is 4.79 Å². The molecule has 0 spiro atoms. The average molecular weight is 294 g/mol. The van der Waals surface area contributed by atoms with Gasteiger partial charge in [0.05, 0.1) is 16.8 Å². The van der Waals surface area contributed by atoms with Crippen LogP contribution in [0.4, 0.5) is 0 Å². The normalized spacial score (nSPS) is 15.4. The Morgan fingerprint density at radius 2 is 2.32 bits per heavy atom. The van der Waals surface area contributed by atoms with Crippen molar-refractivity contribution in [3.05, 3.63) is 30.1 Å². The number of amides is 1. The zero-order valence-electron chi connectivity index (χ0n) is 10.2. The van der Waals surface area contributed by atoms with Gasteiger partial charge in [-0.1, -0.05) is 12.1 Å². The summed E-state index contributed by atoms with van der Waals surface area (Å²) in [6, 6.07) is 8.01. The monoisotopic (exact) mass is 294 g/mol. The SMILES string of the molecule is NNC(=O)CSn1c(C2CSC2)nc2ccccc21. The van der Waals surface area contributed by atoms with Crippen molar-refractivity contribution in [3.63, 3.8) is 0 Å². The van der Waals surface area contributed by atoms with Gasteiger partial charge in [-0.2, -0.15) is 11.8 Å². The molecule has 1 saturated heterocycles. The van der Waals surface area contributed by atoms with Crippen molar-refractivity contribution in [1.29, 1.82) is 0 Å². The number of benzene rings is 1. The van der Waals surface area contributed by atoms with Crippen molar-refractivity contribution in [2.45, 2.75) is 5.92 Å². The van der Waals surface area contributed by atoms with Gasteiger partial charge in [0.1, 0.15) is 5.82 Å². The number of carbonyl (C=O) groups is 1. The maximum absolute atomic E-state index is 11.3. The summed E-state index contributed by atoms with van der Waals surface area (Å²) in [7, 11) is 0. The molecule has 0 bridgehead atoms. The van der Waals surface area contributed by atoms with E-state index >= 15 is 0 Å². The van der Waals surface area contributed by atoms with Crippen LogP contribution in [0.5, 0.6) is 0 Å². The first-order valence-corrected chi connectivity index (χ1v) is 8.07. The minimum Gasteiger partial charge on any atom is -0.293 e. The van der Waals surface area contributed by atoms with Crippen molar-refractivity contribution in [2.75, 3.05) is 17.3 Å². The molecule has 3 rings (SSSR count). The first kappa shape index (κ1) is 12.8. The predicted molar refractivity (Wildman–Crippen MR) is 80.0 cm³/mol. The van der Waals surface area contributed by atoms with Crippen LogP contribution in [0.25, 0.3) is 11.0 Å². The number of hydrogen-bond donors (Lipinski definition) is 2. The third-order valence-electron chi connectivity index (χ3n) is 3.03. The van der Waals surface area contributed by atoms with E-state index in [0.717, 1.165) is 28.4 Å². The summed E-state index contributed by atoms with van der Waals surface area (Å²) in [5, 5.41) is 0. The molecular formula is C12H14N4OS2. The Bertz CT molecular complexity index is 609. The maximum atomic E-state index is 11.3. The molecule has 0 radical (unpaired) electrons. The second-order valence-corrected chi connectivity index (χ2v) is 6.32. The van der Waals surface area contributed by atoms with E-state index in [1.54, 1.807) is 0 Å². The Hall–Kier alpha value is -1.18. The fraction of sp³-hybridized carbons (Fsp3) is 0.333. The zero-order valence-corrected chi connectivity index (χ0v) is 11.8. The number of nitrogens with two attached hydrogens (primary N) is 1. The van der Waals surface area contributed by atoms with Gasteiger partial charge in [-0.05, 0) is 24.1 Å². The third kappa shape index (κ3) is 2.45. The molecule has 0 unspecified atom stereocenters. The van der Waals surface area contributed by atoms with E-state index in [1.165, 1.54) is 11.9 Å². The molecule has 2 aromatic rings. The Balaban J connectivity index is 1.95. The molecule has 1 aliphatic rings. The molecule has 1 aliphatic heterocycles. The van der Waals surface area contributed by atoms with Gasteiger partial charge >= 0.3 is 0 Å². The minimum atomic E-state index is -0.184. The van der Waals surface area contributed by atoms with Crippen molar-refractivity contribution in [3.8, 4) is 0 Å². The number of hydrogen-bond acceptors (Lipinski definition) is 5. The van der Waals surface area contributed by atoms with Crippen LogP contribution in [0.2, 0.25) is 0 Å². The van der Waals surface area contributed by atoms with Crippen molar-refractivity contribution >= 4 is 40.7 Å². The molecule has 0 saturated carbocycles. The van der Waals surface area contributed by atoms with Gasteiger partial charge < -0.3 is 0 Å². The number of fused-ring (bicyclic) bond motifs is 1. The molecule has 1 fully saturated rings. The van der Waals surface area contributed by atoms with Crippen LogP contribution in [0.3, 0.4) is 0 Å². The van der Waals surface area contributed by atoms with Gasteiger partial charge in [0.2, 0.25) is 5.91 Å². The lowest BCUT2D eigenvalue weighted by Gasteiger charge is -2.24. The van der Waals surface area contributed by atoms with Crippen LogP contribution in [0, 0.1) is 0 Å². The number of imidazole rings is 1. The van der Waals surface area contributed by atoms with Gasteiger partial charge in [0, 0.05) is 17.4 Å². The fourth-order valence-electron chi connectivity index (χ4n) is 1.97. The topological polar surface area (TPSA) is 72.9 Å². The Kier molecular flexibility index (Phi) is 3.67. The summed E-state index contributed by atoms with van der Waals surface area (Å²) in [5.41, 5.74) is 4.20. The summed E-state index contributed by atoms with van der Waals surface area (Å²) in [6.07, 6.45) is 0. The molecule has 3 N–H and O–H groups in total. The Labute approximate surface area is 119 Å². The quantitative estimate of drug-likeness (QED) is 0.506. The van der Waals surface area contributed by atoms with Gasteiger partial charge in [-0.15, -0.1) is 0 Å². The lowest BCUT2D eigenvalue weighted by Crippen LogP contribution is -2.32. The van der Waals surface area contributed by atoms with Crippen molar-refractivity contribution < 1.29 is 4.79 Å². The standard InChI is InChI=1S/C12H14N4OS2/c13-15-11(17)7-19-16-10-4-2-1-3-9(10)14-12(16)8-5-18-6-8/h1-4,8H,5-7,13H2,(H,15,17). The molecule has 7 heteroatoms. The molecule has 1 aromatic heterocycles. The van der Waals surface area contributed by atoms with Gasteiger partial charge in [-0.25, -0.2) is 10.8 Å². The Morgan fingerprint density at radius 3 is 3.00 bits per heavy atom. The van der Waals surface area contributed by atoms with E-state index in [2.05, 4.69) is 9.40 Å². The number of rotatable bonds is 4. The first-order chi connectivity index (χ1) is 9.29. The lowest BCUT2D eigenvalue weighted by atomic mass is 10.2. The molecule has 5 nitrogen and oxygen atoms in total. The lowest BCUT2D eigenvalue weighted by molar-refractivity contribution is -0.118. The van der Waals surface area contributed by atoms with E-state index in [-0.39, 0.29) is 5.91 Å². The molecule has 19 heavy (non-hydrogen) atoms. The van der Waals surface area contributed by atoms with Crippen LogP contribution < -0.4 is 11.3 Å². The average Bonchev–Trinajstić information content (AvgIpc) is 2.72. The van der Waals surface area contributed by atoms with Crippen molar-refractivity contribution in [1.82, 2.24) is 14.4 Å². The summed E-state index contributed by atoms with van der Waals surface area (Å²) < 4.78 is 2.08. The van der Waals surface area contributed by atoms with E-state index in [4.69, 9.17) is 10.8 Å². The highest BCUT2D eigenvalue weighted by Gasteiger charge is 2.26. The molecule has 0 aliphatic carbocycles. The second kappa shape index (κ2) is 5.44. The number of carbonyl (C=O) groups excluding carboxylic acids is 1. The first-order valence-electron chi connectivity index (χ1n) is 5.97.